The minimum atomic E-state index is -3.70. The number of hydrogen-bond donors (Lipinski definition) is 1. The monoisotopic (exact) mass is 474 g/mol. The quantitative estimate of drug-likeness (QED) is 0.663. The van der Waals surface area contributed by atoms with Gasteiger partial charge in [-0.1, -0.05) is 12.1 Å². The molecular formula is C24H30N2O6S. The average Bonchev–Trinajstić information content (AvgIpc) is 3.33. The molecule has 0 saturated carbocycles. The molecule has 1 amide bonds. The molecule has 1 atom stereocenters. The number of carbonyl (C=O) groups excluding carboxylic acids is 1. The van der Waals surface area contributed by atoms with Gasteiger partial charge in [-0.15, -0.1) is 0 Å². The van der Waals surface area contributed by atoms with Crippen LogP contribution in [0.2, 0.25) is 0 Å². The lowest BCUT2D eigenvalue weighted by Gasteiger charge is -2.26. The van der Waals surface area contributed by atoms with Crippen molar-refractivity contribution in [2.75, 3.05) is 44.8 Å². The minimum absolute atomic E-state index is 0.0541. The third-order valence-corrected chi connectivity index (χ3v) is 7.79. The van der Waals surface area contributed by atoms with Gasteiger partial charge in [-0.2, -0.15) is 4.31 Å². The second kappa shape index (κ2) is 10.2. The zero-order valence-electron chi connectivity index (χ0n) is 19.0. The van der Waals surface area contributed by atoms with Gasteiger partial charge in [-0.3, -0.25) is 4.79 Å². The van der Waals surface area contributed by atoms with Crippen LogP contribution in [0.1, 0.15) is 34.3 Å². The molecule has 2 fully saturated rings. The Morgan fingerprint density at radius 3 is 2.64 bits per heavy atom. The SMILES string of the molecule is Cc1ccc(NC(=O)c2cc(S(=O)(=O)N3CCOCC3)ccc2C)c(OCC2CCCO2)c1. The van der Waals surface area contributed by atoms with Crippen LogP contribution >= 0.6 is 0 Å². The van der Waals surface area contributed by atoms with Crippen LogP contribution in [0.5, 0.6) is 5.75 Å². The van der Waals surface area contributed by atoms with Gasteiger partial charge in [0.2, 0.25) is 10.0 Å². The van der Waals surface area contributed by atoms with Crippen molar-refractivity contribution >= 4 is 21.6 Å². The standard InChI is InChI=1S/C24H30N2O6S/c1-17-5-8-22(23(14-17)32-16-19-4-3-11-31-19)25-24(27)21-15-20(7-6-18(21)2)33(28,29)26-9-12-30-13-10-26/h5-8,14-15,19H,3-4,9-13,16H2,1-2H3,(H,25,27). The molecule has 8 nitrogen and oxygen atoms in total. The van der Waals surface area contributed by atoms with E-state index in [-0.39, 0.29) is 11.0 Å². The maximum atomic E-state index is 13.2. The first-order chi connectivity index (χ1) is 15.8. The predicted octanol–water partition coefficient (Wildman–Crippen LogP) is 3.13. The Balaban J connectivity index is 1.54. The number of nitrogens with one attached hydrogen (secondary N) is 1. The summed E-state index contributed by atoms with van der Waals surface area (Å²) in [6.07, 6.45) is 2.03. The van der Waals surface area contributed by atoms with Crippen LogP contribution < -0.4 is 10.1 Å². The Bertz CT molecular complexity index is 1110. The number of anilines is 1. The number of ether oxygens (including phenoxy) is 3. The fourth-order valence-electron chi connectivity index (χ4n) is 3.94. The maximum absolute atomic E-state index is 13.2. The molecule has 33 heavy (non-hydrogen) atoms. The van der Waals surface area contributed by atoms with E-state index in [0.29, 0.717) is 55.5 Å². The number of amides is 1. The number of hydrogen-bond acceptors (Lipinski definition) is 6. The highest BCUT2D eigenvalue weighted by molar-refractivity contribution is 7.89. The molecule has 2 saturated heterocycles. The zero-order chi connectivity index (χ0) is 23.4. The van der Waals surface area contributed by atoms with Gasteiger partial charge in [-0.05, 0) is 62.1 Å². The smallest absolute Gasteiger partial charge is 0.256 e. The summed E-state index contributed by atoms with van der Waals surface area (Å²) in [7, 11) is -3.70. The lowest BCUT2D eigenvalue weighted by molar-refractivity contribution is 0.0681. The van der Waals surface area contributed by atoms with E-state index in [1.165, 1.54) is 10.4 Å². The van der Waals surface area contributed by atoms with E-state index >= 15 is 0 Å². The molecule has 2 aliphatic heterocycles. The Kier molecular flexibility index (Phi) is 7.33. The number of rotatable bonds is 7. The summed E-state index contributed by atoms with van der Waals surface area (Å²) in [4.78, 5) is 13.3. The zero-order valence-corrected chi connectivity index (χ0v) is 19.8. The van der Waals surface area contributed by atoms with E-state index in [4.69, 9.17) is 14.2 Å². The number of morpholine rings is 1. The van der Waals surface area contributed by atoms with Crippen LogP contribution in [0.3, 0.4) is 0 Å². The van der Waals surface area contributed by atoms with Crippen LogP contribution in [-0.4, -0.2) is 64.3 Å². The number of benzene rings is 2. The van der Waals surface area contributed by atoms with Crippen molar-refractivity contribution in [3.8, 4) is 5.75 Å². The summed E-state index contributed by atoms with van der Waals surface area (Å²) >= 11 is 0. The summed E-state index contributed by atoms with van der Waals surface area (Å²) in [5.74, 6) is 0.172. The Morgan fingerprint density at radius 2 is 1.91 bits per heavy atom. The largest absolute Gasteiger partial charge is 0.489 e. The van der Waals surface area contributed by atoms with Gasteiger partial charge >= 0.3 is 0 Å². The van der Waals surface area contributed by atoms with Gasteiger partial charge in [0.25, 0.3) is 5.91 Å². The second-order valence-corrected chi connectivity index (χ2v) is 10.3. The van der Waals surface area contributed by atoms with Crippen molar-refractivity contribution < 1.29 is 27.4 Å². The van der Waals surface area contributed by atoms with E-state index in [0.717, 1.165) is 25.0 Å². The molecule has 0 aromatic heterocycles. The summed E-state index contributed by atoms with van der Waals surface area (Å²) in [5.41, 5.74) is 2.52. The molecule has 0 bridgehead atoms. The highest BCUT2D eigenvalue weighted by Crippen LogP contribution is 2.28. The Morgan fingerprint density at radius 1 is 1.12 bits per heavy atom. The van der Waals surface area contributed by atoms with Crippen molar-refractivity contribution in [1.29, 1.82) is 0 Å². The molecule has 1 unspecified atom stereocenters. The number of sulfonamides is 1. The summed E-state index contributed by atoms with van der Waals surface area (Å²) in [6.45, 7) is 6.21. The molecule has 2 aliphatic rings. The first-order valence-electron chi connectivity index (χ1n) is 11.2. The fraction of sp³-hybridized carbons (Fsp3) is 0.458. The summed E-state index contributed by atoms with van der Waals surface area (Å²) < 4.78 is 44.3. The van der Waals surface area contributed by atoms with Crippen molar-refractivity contribution in [2.24, 2.45) is 0 Å². The molecule has 0 spiro atoms. The lowest BCUT2D eigenvalue weighted by atomic mass is 10.1. The molecule has 178 valence electrons. The van der Waals surface area contributed by atoms with E-state index in [9.17, 15) is 13.2 Å². The number of carbonyl (C=O) groups is 1. The first-order valence-corrected chi connectivity index (χ1v) is 12.6. The Labute approximate surface area is 194 Å². The number of aryl methyl sites for hydroxylation is 2. The van der Waals surface area contributed by atoms with Crippen molar-refractivity contribution in [3.63, 3.8) is 0 Å². The van der Waals surface area contributed by atoms with Gasteiger partial charge < -0.3 is 19.5 Å². The number of nitrogens with zero attached hydrogens (tertiary/aromatic N) is 1. The van der Waals surface area contributed by atoms with Crippen LogP contribution in [0.15, 0.2) is 41.3 Å². The van der Waals surface area contributed by atoms with Gasteiger partial charge in [0.05, 0.1) is 29.9 Å². The van der Waals surface area contributed by atoms with Gasteiger partial charge in [0.15, 0.2) is 0 Å². The van der Waals surface area contributed by atoms with Crippen molar-refractivity contribution in [3.05, 3.63) is 53.1 Å². The van der Waals surface area contributed by atoms with Gasteiger partial charge in [-0.25, -0.2) is 8.42 Å². The molecule has 4 rings (SSSR count). The molecule has 2 aromatic carbocycles. The lowest BCUT2D eigenvalue weighted by Crippen LogP contribution is -2.40. The topological polar surface area (TPSA) is 94.2 Å². The predicted molar refractivity (Wildman–Crippen MR) is 124 cm³/mol. The molecule has 0 radical (unpaired) electrons. The average molecular weight is 475 g/mol. The Hall–Kier alpha value is -2.46. The molecule has 2 aromatic rings. The highest BCUT2D eigenvalue weighted by atomic mass is 32.2. The minimum Gasteiger partial charge on any atom is -0.489 e. The van der Waals surface area contributed by atoms with Gasteiger partial charge in [0.1, 0.15) is 12.4 Å². The molecule has 0 aliphatic carbocycles. The molecule has 2 heterocycles. The van der Waals surface area contributed by atoms with E-state index < -0.39 is 15.9 Å². The first kappa shape index (κ1) is 23.7. The second-order valence-electron chi connectivity index (χ2n) is 8.39. The van der Waals surface area contributed by atoms with Gasteiger partial charge in [0, 0.05) is 25.3 Å². The fourth-order valence-corrected chi connectivity index (χ4v) is 5.38. The maximum Gasteiger partial charge on any atom is 0.256 e. The van der Waals surface area contributed by atoms with Crippen LogP contribution in [0.25, 0.3) is 0 Å². The molecular weight excluding hydrogens is 444 g/mol. The normalized spacial score (nSPS) is 19.4. The van der Waals surface area contributed by atoms with E-state index in [1.54, 1.807) is 25.1 Å². The van der Waals surface area contributed by atoms with Crippen LogP contribution in [0.4, 0.5) is 5.69 Å². The molecule has 1 N–H and O–H groups in total. The van der Waals surface area contributed by atoms with Crippen molar-refractivity contribution in [1.82, 2.24) is 4.31 Å². The van der Waals surface area contributed by atoms with E-state index in [1.807, 2.05) is 19.1 Å². The third-order valence-electron chi connectivity index (χ3n) is 5.90. The highest BCUT2D eigenvalue weighted by Gasteiger charge is 2.27. The van der Waals surface area contributed by atoms with Crippen LogP contribution in [-0.2, 0) is 19.5 Å². The third kappa shape index (κ3) is 5.55. The van der Waals surface area contributed by atoms with Crippen molar-refractivity contribution in [2.45, 2.75) is 37.7 Å². The van der Waals surface area contributed by atoms with E-state index in [2.05, 4.69) is 5.32 Å². The summed E-state index contributed by atoms with van der Waals surface area (Å²) in [5, 5.41) is 2.90. The van der Waals surface area contributed by atoms with Crippen LogP contribution in [0, 0.1) is 13.8 Å². The summed E-state index contributed by atoms with van der Waals surface area (Å²) in [6, 6.07) is 10.2. The molecule has 9 heteroatoms.